The van der Waals surface area contributed by atoms with Crippen molar-refractivity contribution >= 4 is 12.0 Å². The van der Waals surface area contributed by atoms with Crippen molar-refractivity contribution in [1.82, 2.24) is 9.80 Å². The highest BCUT2D eigenvalue weighted by atomic mass is 16.4. The largest absolute Gasteiger partial charge is 0.481 e. The minimum atomic E-state index is -0.821. The van der Waals surface area contributed by atoms with Gasteiger partial charge in [-0.25, -0.2) is 4.79 Å². The first-order valence-electron chi connectivity index (χ1n) is 3.71. The molecule has 0 bridgehead atoms. The van der Waals surface area contributed by atoms with Gasteiger partial charge in [0.1, 0.15) is 0 Å². The molecule has 0 aliphatic carbocycles. The Morgan fingerprint density at radius 3 is 2.25 bits per heavy atom. The Kier molecular flexibility index (Phi) is 2.21. The molecule has 1 N–H and O–H groups in total. The molecule has 0 saturated carbocycles. The summed E-state index contributed by atoms with van der Waals surface area (Å²) in [6.07, 6.45) is 0. The van der Waals surface area contributed by atoms with Crippen LogP contribution in [0.15, 0.2) is 0 Å². The van der Waals surface area contributed by atoms with Crippen LogP contribution in [0.2, 0.25) is 0 Å². The van der Waals surface area contributed by atoms with Gasteiger partial charge >= 0.3 is 12.0 Å². The summed E-state index contributed by atoms with van der Waals surface area (Å²) in [6.45, 7) is 0.679. The summed E-state index contributed by atoms with van der Waals surface area (Å²) in [7, 11) is 3.30. The summed E-state index contributed by atoms with van der Waals surface area (Å²) in [5.41, 5.74) is 0. The summed E-state index contributed by atoms with van der Waals surface area (Å²) in [4.78, 5) is 24.5. The van der Waals surface area contributed by atoms with Crippen LogP contribution in [0.5, 0.6) is 0 Å². The summed E-state index contributed by atoms with van der Waals surface area (Å²) in [5, 5.41) is 8.52. The van der Waals surface area contributed by atoms with Gasteiger partial charge in [0.2, 0.25) is 0 Å². The topological polar surface area (TPSA) is 60.9 Å². The molecule has 1 saturated heterocycles. The number of amides is 2. The van der Waals surface area contributed by atoms with Crippen LogP contribution in [0.3, 0.4) is 0 Å². The van der Waals surface area contributed by atoms with E-state index in [-0.39, 0.29) is 11.9 Å². The Balaban J connectivity index is 2.35. The molecule has 0 aromatic rings. The highest BCUT2D eigenvalue weighted by molar-refractivity contribution is 5.79. The molecule has 0 unspecified atom stereocenters. The maximum Gasteiger partial charge on any atom is 0.319 e. The highest BCUT2D eigenvalue weighted by Crippen LogP contribution is 2.16. The lowest BCUT2D eigenvalue weighted by molar-refractivity contribution is -0.146. The number of carboxylic acids is 1. The van der Waals surface area contributed by atoms with Crippen molar-refractivity contribution in [2.75, 3.05) is 27.2 Å². The van der Waals surface area contributed by atoms with Crippen LogP contribution >= 0.6 is 0 Å². The van der Waals surface area contributed by atoms with Gasteiger partial charge in [-0.2, -0.15) is 0 Å². The van der Waals surface area contributed by atoms with Gasteiger partial charge < -0.3 is 14.9 Å². The zero-order valence-corrected chi connectivity index (χ0v) is 7.15. The number of carboxylic acid groups (broad SMARTS) is 1. The third-order valence-corrected chi connectivity index (χ3v) is 1.88. The van der Waals surface area contributed by atoms with Crippen LogP contribution in [0.25, 0.3) is 0 Å². The number of likely N-dealkylation sites (tertiary alicyclic amines) is 1. The van der Waals surface area contributed by atoms with Gasteiger partial charge in [-0.1, -0.05) is 0 Å². The van der Waals surface area contributed by atoms with Crippen molar-refractivity contribution < 1.29 is 14.7 Å². The summed E-state index contributed by atoms with van der Waals surface area (Å²) in [5.74, 6) is -1.19. The first-order valence-corrected chi connectivity index (χ1v) is 3.71. The Bertz CT molecular complexity index is 209. The van der Waals surface area contributed by atoms with E-state index in [1.54, 1.807) is 14.1 Å². The molecule has 1 heterocycles. The maximum absolute atomic E-state index is 11.2. The van der Waals surface area contributed by atoms with E-state index in [1.807, 2.05) is 0 Å². The van der Waals surface area contributed by atoms with E-state index in [1.165, 1.54) is 9.80 Å². The molecular formula is C7H12N2O3. The average molecular weight is 172 g/mol. The minimum absolute atomic E-state index is 0.118. The quantitative estimate of drug-likeness (QED) is 0.590. The number of carbonyl (C=O) groups excluding carboxylic acids is 1. The van der Waals surface area contributed by atoms with Crippen molar-refractivity contribution in [3.8, 4) is 0 Å². The predicted molar refractivity (Wildman–Crippen MR) is 41.8 cm³/mol. The maximum atomic E-state index is 11.2. The van der Waals surface area contributed by atoms with Crippen molar-refractivity contribution in [1.29, 1.82) is 0 Å². The number of carbonyl (C=O) groups is 2. The molecule has 0 aromatic heterocycles. The van der Waals surface area contributed by atoms with Gasteiger partial charge in [-0.15, -0.1) is 0 Å². The van der Waals surface area contributed by atoms with E-state index in [4.69, 9.17) is 5.11 Å². The molecular weight excluding hydrogens is 160 g/mol. The fourth-order valence-corrected chi connectivity index (χ4v) is 1.07. The van der Waals surface area contributed by atoms with Gasteiger partial charge in [-0.3, -0.25) is 4.79 Å². The van der Waals surface area contributed by atoms with Crippen molar-refractivity contribution in [2.24, 2.45) is 5.92 Å². The average Bonchev–Trinajstić information content (AvgIpc) is 1.82. The summed E-state index contributed by atoms with van der Waals surface area (Å²) in [6, 6.07) is -0.118. The molecule has 0 spiro atoms. The van der Waals surface area contributed by atoms with Crippen LogP contribution in [-0.2, 0) is 4.79 Å². The molecule has 5 heteroatoms. The third-order valence-electron chi connectivity index (χ3n) is 1.88. The molecule has 1 rings (SSSR count). The van der Waals surface area contributed by atoms with E-state index >= 15 is 0 Å². The lowest BCUT2D eigenvalue weighted by Gasteiger charge is -2.38. The Morgan fingerprint density at radius 2 is 1.92 bits per heavy atom. The number of aliphatic carboxylic acids is 1. The number of rotatable bonds is 1. The van der Waals surface area contributed by atoms with Gasteiger partial charge in [-0.05, 0) is 0 Å². The Labute approximate surface area is 70.6 Å². The molecule has 1 fully saturated rings. The molecule has 1 aliphatic heterocycles. The molecule has 68 valence electrons. The van der Waals surface area contributed by atoms with Crippen LogP contribution in [0, 0.1) is 5.92 Å². The Hall–Kier alpha value is -1.26. The van der Waals surface area contributed by atoms with Crippen LogP contribution in [0.1, 0.15) is 0 Å². The first-order chi connectivity index (χ1) is 5.52. The molecule has 0 atom stereocenters. The number of hydrogen-bond acceptors (Lipinski definition) is 2. The lowest BCUT2D eigenvalue weighted by atomic mass is 10.0. The minimum Gasteiger partial charge on any atom is -0.481 e. The molecule has 0 radical (unpaired) electrons. The molecule has 5 nitrogen and oxygen atoms in total. The molecule has 1 aliphatic rings. The van der Waals surface area contributed by atoms with E-state index in [0.717, 1.165) is 0 Å². The molecule has 0 aromatic carbocycles. The normalized spacial score (nSPS) is 17.0. The van der Waals surface area contributed by atoms with Crippen molar-refractivity contribution in [2.45, 2.75) is 0 Å². The van der Waals surface area contributed by atoms with Crippen LogP contribution in [-0.4, -0.2) is 54.1 Å². The Morgan fingerprint density at radius 1 is 1.42 bits per heavy atom. The van der Waals surface area contributed by atoms with Crippen LogP contribution < -0.4 is 0 Å². The number of nitrogens with zero attached hydrogens (tertiary/aromatic N) is 2. The fraction of sp³-hybridized carbons (Fsp3) is 0.714. The zero-order chi connectivity index (χ0) is 9.30. The molecule has 12 heavy (non-hydrogen) atoms. The molecule has 2 amide bonds. The van der Waals surface area contributed by atoms with Crippen molar-refractivity contribution in [3.05, 3.63) is 0 Å². The standard InChI is InChI=1S/C7H12N2O3/c1-8(2)7(12)9-3-5(4-9)6(10)11/h5H,3-4H2,1-2H3,(H,10,11). The van der Waals surface area contributed by atoms with E-state index in [9.17, 15) is 9.59 Å². The first kappa shape index (κ1) is 8.83. The zero-order valence-electron chi connectivity index (χ0n) is 7.15. The second kappa shape index (κ2) is 3.00. The SMILES string of the molecule is CN(C)C(=O)N1CC(C(=O)O)C1. The lowest BCUT2D eigenvalue weighted by Crippen LogP contribution is -2.55. The van der Waals surface area contributed by atoms with Gasteiger partial charge in [0.05, 0.1) is 5.92 Å². The van der Waals surface area contributed by atoms with Crippen LogP contribution in [0.4, 0.5) is 4.79 Å². The van der Waals surface area contributed by atoms with Crippen molar-refractivity contribution in [3.63, 3.8) is 0 Å². The summed E-state index contributed by atoms with van der Waals surface area (Å²) < 4.78 is 0. The number of urea groups is 1. The van der Waals surface area contributed by atoms with E-state index < -0.39 is 5.97 Å². The van der Waals surface area contributed by atoms with E-state index in [0.29, 0.717) is 13.1 Å². The smallest absolute Gasteiger partial charge is 0.319 e. The van der Waals surface area contributed by atoms with Gasteiger partial charge in [0.25, 0.3) is 0 Å². The second-order valence-electron chi connectivity index (χ2n) is 3.12. The third kappa shape index (κ3) is 1.49. The fourth-order valence-electron chi connectivity index (χ4n) is 1.07. The highest BCUT2D eigenvalue weighted by Gasteiger charge is 2.36. The van der Waals surface area contributed by atoms with Gasteiger partial charge in [0, 0.05) is 27.2 Å². The van der Waals surface area contributed by atoms with E-state index in [2.05, 4.69) is 0 Å². The predicted octanol–water partition coefficient (Wildman–Crippen LogP) is -0.316. The second-order valence-corrected chi connectivity index (χ2v) is 3.12. The monoisotopic (exact) mass is 172 g/mol. The summed E-state index contributed by atoms with van der Waals surface area (Å²) >= 11 is 0. The van der Waals surface area contributed by atoms with Gasteiger partial charge in [0.15, 0.2) is 0 Å². The number of hydrogen-bond donors (Lipinski definition) is 1.